The molecule has 1 aromatic heterocycles. The van der Waals surface area contributed by atoms with Crippen molar-refractivity contribution in [2.24, 2.45) is 7.05 Å². The highest BCUT2D eigenvalue weighted by atomic mass is 15.4. The molecule has 2 rings (SSSR count). The lowest BCUT2D eigenvalue weighted by Crippen LogP contribution is -2.37. The molecule has 0 aromatic carbocycles. The molecule has 4 heteroatoms. The number of hydrogen-bond acceptors (Lipinski definition) is 3. The second kappa shape index (κ2) is 4.31. The highest BCUT2D eigenvalue weighted by Gasteiger charge is 2.23. The van der Waals surface area contributed by atoms with Gasteiger partial charge in [0.1, 0.15) is 0 Å². The van der Waals surface area contributed by atoms with Crippen LogP contribution in [0.4, 0.5) is 0 Å². The fourth-order valence-corrected chi connectivity index (χ4v) is 2.26. The van der Waals surface area contributed by atoms with Gasteiger partial charge in [0.25, 0.3) is 0 Å². The van der Waals surface area contributed by atoms with Gasteiger partial charge < -0.3 is 4.90 Å². The molecule has 1 saturated heterocycles. The molecule has 0 aliphatic carbocycles. The number of rotatable bonds is 2. The second-order valence-corrected chi connectivity index (χ2v) is 4.66. The van der Waals surface area contributed by atoms with Crippen LogP contribution in [-0.4, -0.2) is 39.0 Å². The molecular formula is C11H20N4. The first-order chi connectivity index (χ1) is 7.16. The molecule has 0 radical (unpaired) electrons. The lowest BCUT2D eigenvalue weighted by molar-refractivity contribution is 0.170. The molecule has 1 aromatic rings. The van der Waals surface area contributed by atoms with Crippen molar-refractivity contribution in [1.29, 1.82) is 0 Å². The summed E-state index contributed by atoms with van der Waals surface area (Å²) < 4.78 is 0. The van der Waals surface area contributed by atoms with Crippen molar-refractivity contribution in [2.75, 3.05) is 13.1 Å². The van der Waals surface area contributed by atoms with E-state index >= 15 is 0 Å². The van der Waals surface area contributed by atoms with Gasteiger partial charge in [0.2, 0.25) is 0 Å². The zero-order valence-electron chi connectivity index (χ0n) is 9.85. The van der Waals surface area contributed by atoms with Crippen molar-refractivity contribution in [2.45, 2.75) is 38.6 Å². The molecule has 0 unspecified atom stereocenters. The standard InChI is InChI=1S/C11H20N4/c1-9(2)15-6-4-10(5-7-15)11-8-12-14(3)13-11/h8-10H,4-7H2,1-3H3. The largest absolute Gasteiger partial charge is 0.301 e. The lowest BCUT2D eigenvalue weighted by atomic mass is 9.93. The number of piperidine rings is 1. The van der Waals surface area contributed by atoms with Gasteiger partial charge in [0.15, 0.2) is 0 Å². The van der Waals surface area contributed by atoms with Crippen LogP contribution in [0.2, 0.25) is 0 Å². The summed E-state index contributed by atoms with van der Waals surface area (Å²) in [5.41, 5.74) is 1.17. The Morgan fingerprint density at radius 3 is 2.47 bits per heavy atom. The van der Waals surface area contributed by atoms with Crippen molar-refractivity contribution < 1.29 is 0 Å². The lowest BCUT2D eigenvalue weighted by Gasteiger charge is -2.33. The maximum atomic E-state index is 4.39. The monoisotopic (exact) mass is 208 g/mol. The molecule has 0 saturated carbocycles. The summed E-state index contributed by atoms with van der Waals surface area (Å²) in [7, 11) is 1.88. The van der Waals surface area contributed by atoms with E-state index < -0.39 is 0 Å². The average molecular weight is 208 g/mol. The molecule has 84 valence electrons. The van der Waals surface area contributed by atoms with Crippen LogP contribution >= 0.6 is 0 Å². The number of nitrogens with zero attached hydrogens (tertiary/aromatic N) is 4. The van der Waals surface area contributed by atoms with Crippen molar-refractivity contribution >= 4 is 0 Å². The maximum Gasteiger partial charge on any atom is 0.0858 e. The van der Waals surface area contributed by atoms with Crippen molar-refractivity contribution in [1.82, 2.24) is 19.9 Å². The van der Waals surface area contributed by atoms with E-state index in [2.05, 4.69) is 28.9 Å². The molecule has 1 aliphatic rings. The van der Waals surface area contributed by atoms with E-state index in [1.54, 1.807) is 4.80 Å². The summed E-state index contributed by atoms with van der Waals surface area (Å²) in [6.07, 6.45) is 4.35. The maximum absolute atomic E-state index is 4.39. The van der Waals surface area contributed by atoms with Crippen LogP contribution in [0.3, 0.4) is 0 Å². The summed E-state index contributed by atoms with van der Waals surface area (Å²) in [4.78, 5) is 4.19. The molecule has 4 nitrogen and oxygen atoms in total. The third kappa shape index (κ3) is 2.37. The molecule has 0 N–H and O–H groups in total. The van der Waals surface area contributed by atoms with Gasteiger partial charge in [-0.2, -0.15) is 15.0 Å². The zero-order chi connectivity index (χ0) is 10.8. The Balaban J connectivity index is 1.93. The third-order valence-corrected chi connectivity index (χ3v) is 3.30. The predicted octanol–water partition coefficient (Wildman–Crippen LogP) is 1.40. The molecule has 1 aliphatic heterocycles. The zero-order valence-corrected chi connectivity index (χ0v) is 9.85. The SMILES string of the molecule is CC(C)N1CCC(c2cnn(C)n2)CC1. The first kappa shape index (κ1) is 10.6. The Labute approximate surface area is 91.3 Å². The van der Waals surface area contributed by atoms with Gasteiger partial charge >= 0.3 is 0 Å². The van der Waals surface area contributed by atoms with Gasteiger partial charge in [-0.05, 0) is 39.8 Å². The summed E-state index contributed by atoms with van der Waals surface area (Å²) in [5, 5.41) is 8.53. The minimum absolute atomic E-state index is 0.619. The first-order valence-corrected chi connectivity index (χ1v) is 5.77. The van der Waals surface area contributed by atoms with Crippen LogP contribution in [0.15, 0.2) is 6.20 Å². The van der Waals surface area contributed by atoms with Crippen LogP contribution in [0.1, 0.15) is 38.3 Å². The van der Waals surface area contributed by atoms with E-state index in [0.29, 0.717) is 12.0 Å². The fourth-order valence-electron chi connectivity index (χ4n) is 2.26. The van der Waals surface area contributed by atoms with Crippen molar-refractivity contribution in [3.8, 4) is 0 Å². The van der Waals surface area contributed by atoms with E-state index in [9.17, 15) is 0 Å². The van der Waals surface area contributed by atoms with E-state index in [1.165, 1.54) is 31.6 Å². The Morgan fingerprint density at radius 1 is 1.33 bits per heavy atom. The summed E-state index contributed by atoms with van der Waals surface area (Å²) >= 11 is 0. The third-order valence-electron chi connectivity index (χ3n) is 3.30. The van der Waals surface area contributed by atoms with E-state index in [0.717, 1.165) is 0 Å². The summed E-state index contributed by atoms with van der Waals surface area (Å²) in [6, 6.07) is 0.674. The normalized spacial score (nSPS) is 20.0. The van der Waals surface area contributed by atoms with Crippen LogP contribution in [0.25, 0.3) is 0 Å². The number of likely N-dealkylation sites (tertiary alicyclic amines) is 1. The number of aryl methyl sites for hydroxylation is 1. The smallest absolute Gasteiger partial charge is 0.0858 e. The van der Waals surface area contributed by atoms with Gasteiger partial charge in [-0.1, -0.05) is 0 Å². The molecule has 0 spiro atoms. The van der Waals surface area contributed by atoms with Gasteiger partial charge in [-0.25, -0.2) is 0 Å². The fraction of sp³-hybridized carbons (Fsp3) is 0.818. The molecule has 15 heavy (non-hydrogen) atoms. The summed E-state index contributed by atoms with van der Waals surface area (Å²) in [5.74, 6) is 0.619. The minimum atomic E-state index is 0.619. The van der Waals surface area contributed by atoms with E-state index in [4.69, 9.17) is 0 Å². The Kier molecular flexibility index (Phi) is 3.05. The number of hydrogen-bond donors (Lipinski definition) is 0. The van der Waals surface area contributed by atoms with Crippen LogP contribution in [0.5, 0.6) is 0 Å². The Bertz CT molecular complexity index is 310. The van der Waals surface area contributed by atoms with Crippen LogP contribution < -0.4 is 0 Å². The molecule has 2 heterocycles. The molecular weight excluding hydrogens is 188 g/mol. The molecule has 0 bridgehead atoms. The van der Waals surface area contributed by atoms with Gasteiger partial charge in [-0.15, -0.1) is 0 Å². The minimum Gasteiger partial charge on any atom is -0.301 e. The highest BCUT2D eigenvalue weighted by molar-refractivity contribution is 5.03. The first-order valence-electron chi connectivity index (χ1n) is 5.77. The van der Waals surface area contributed by atoms with Crippen molar-refractivity contribution in [3.63, 3.8) is 0 Å². The van der Waals surface area contributed by atoms with Gasteiger partial charge in [-0.3, -0.25) is 0 Å². The van der Waals surface area contributed by atoms with Crippen LogP contribution in [0, 0.1) is 0 Å². The topological polar surface area (TPSA) is 34.0 Å². The molecule has 0 atom stereocenters. The highest BCUT2D eigenvalue weighted by Crippen LogP contribution is 2.26. The second-order valence-electron chi connectivity index (χ2n) is 4.66. The van der Waals surface area contributed by atoms with Gasteiger partial charge in [0, 0.05) is 19.0 Å². The molecule has 0 amide bonds. The summed E-state index contributed by atoms with van der Waals surface area (Å²) in [6.45, 7) is 6.92. The van der Waals surface area contributed by atoms with E-state index in [1.807, 2.05) is 13.2 Å². The average Bonchev–Trinajstić information content (AvgIpc) is 2.65. The predicted molar refractivity (Wildman–Crippen MR) is 59.7 cm³/mol. The number of aromatic nitrogens is 3. The Hall–Kier alpha value is -0.900. The quantitative estimate of drug-likeness (QED) is 0.737. The molecule has 1 fully saturated rings. The van der Waals surface area contributed by atoms with Crippen LogP contribution in [-0.2, 0) is 7.05 Å². The Morgan fingerprint density at radius 2 is 2.00 bits per heavy atom. The van der Waals surface area contributed by atoms with Crippen molar-refractivity contribution in [3.05, 3.63) is 11.9 Å². The van der Waals surface area contributed by atoms with Gasteiger partial charge in [0.05, 0.1) is 11.9 Å². The van der Waals surface area contributed by atoms with E-state index in [-0.39, 0.29) is 0 Å².